The summed E-state index contributed by atoms with van der Waals surface area (Å²) in [5.41, 5.74) is 6.30. The second-order valence-corrected chi connectivity index (χ2v) is 10.8. The Kier molecular flexibility index (Phi) is 7.68. The molecular weight excluding hydrogens is 432 g/mol. The summed E-state index contributed by atoms with van der Waals surface area (Å²) in [6.45, 7) is 9.78. The number of rotatable bonds is 8. The van der Waals surface area contributed by atoms with E-state index in [4.69, 9.17) is 20.3 Å². The molecule has 0 aromatic heterocycles. The number of hydrogen-bond acceptors (Lipinski definition) is 6. The normalized spacial score (nSPS) is 16.9. The SMILES string of the molecule is COC(=O)C[C@@H](C(=N)SC=N)c1ccc(OCc2ccc3c(c2)C(C)(C)CCC3(C)C)cc1. The van der Waals surface area contributed by atoms with E-state index in [1.165, 1.54) is 31.1 Å². The van der Waals surface area contributed by atoms with E-state index in [-0.39, 0.29) is 28.3 Å². The lowest BCUT2D eigenvalue weighted by Gasteiger charge is -2.42. The van der Waals surface area contributed by atoms with Crippen LogP contribution in [0.3, 0.4) is 0 Å². The lowest BCUT2D eigenvalue weighted by molar-refractivity contribution is -0.140. The molecule has 6 heteroatoms. The van der Waals surface area contributed by atoms with E-state index in [1.807, 2.05) is 24.3 Å². The van der Waals surface area contributed by atoms with E-state index in [0.717, 1.165) is 34.2 Å². The topological polar surface area (TPSA) is 83.2 Å². The van der Waals surface area contributed by atoms with Gasteiger partial charge in [-0.05, 0) is 58.1 Å². The van der Waals surface area contributed by atoms with Gasteiger partial charge in [0.05, 0.1) is 24.1 Å². The van der Waals surface area contributed by atoms with Crippen molar-refractivity contribution >= 4 is 28.3 Å². The molecule has 0 saturated carbocycles. The minimum absolute atomic E-state index is 0.0671. The molecule has 0 unspecified atom stereocenters. The molecule has 1 aliphatic carbocycles. The first-order chi connectivity index (χ1) is 15.6. The average Bonchev–Trinajstić information content (AvgIpc) is 2.79. The number of hydrogen-bond donors (Lipinski definition) is 2. The average molecular weight is 467 g/mol. The molecular formula is C27H34N2O3S. The molecule has 0 spiro atoms. The van der Waals surface area contributed by atoms with Gasteiger partial charge in [-0.15, -0.1) is 0 Å². The van der Waals surface area contributed by atoms with Gasteiger partial charge in [-0.3, -0.25) is 10.2 Å². The van der Waals surface area contributed by atoms with E-state index in [9.17, 15) is 4.79 Å². The lowest BCUT2D eigenvalue weighted by Crippen LogP contribution is -2.33. The number of esters is 1. The van der Waals surface area contributed by atoms with E-state index in [2.05, 4.69) is 45.9 Å². The van der Waals surface area contributed by atoms with Crippen LogP contribution in [0.5, 0.6) is 5.75 Å². The molecule has 176 valence electrons. The number of nitrogens with one attached hydrogen (secondary N) is 2. The molecule has 1 aliphatic rings. The van der Waals surface area contributed by atoms with Crippen LogP contribution < -0.4 is 4.74 Å². The molecule has 3 rings (SSSR count). The van der Waals surface area contributed by atoms with Crippen molar-refractivity contribution in [3.63, 3.8) is 0 Å². The zero-order valence-electron chi connectivity index (χ0n) is 20.2. The summed E-state index contributed by atoms with van der Waals surface area (Å²) in [6.07, 6.45) is 2.44. The fourth-order valence-electron chi connectivity index (χ4n) is 4.45. The van der Waals surface area contributed by atoms with Gasteiger partial charge in [-0.2, -0.15) is 0 Å². The Labute approximate surface area is 201 Å². The summed E-state index contributed by atoms with van der Waals surface area (Å²) < 4.78 is 10.8. The van der Waals surface area contributed by atoms with Gasteiger partial charge in [-0.25, -0.2) is 0 Å². The predicted molar refractivity (Wildman–Crippen MR) is 136 cm³/mol. The maximum absolute atomic E-state index is 11.8. The van der Waals surface area contributed by atoms with Crippen LogP contribution in [0.1, 0.15) is 75.1 Å². The van der Waals surface area contributed by atoms with Crippen molar-refractivity contribution in [1.82, 2.24) is 0 Å². The maximum Gasteiger partial charge on any atom is 0.306 e. The van der Waals surface area contributed by atoms with Crippen molar-refractivity contribution in [3.05, 3.63) is 64.7 Å². The van der Waals surface area contributed by atoms with Crippen LogP contribution in [0.4, 0.5) is 0 Å². The van der Waals surface area contributed by atoms with Gasteiger partial charge in [0.15, 0.2) is 0 Å². The van der Waals surface area contributed by atoms with Gasteiger partial charge in [0, 0.05) is 5.92 Å². The molecule has 2 aromatic rings. The Bertz CT molecular complexity index is 1030. The van der Waals surface area contributed by atoms with Gasteiger partial charge in [0.2, 0.25) is 0 Å². The molecule has 0 bridgehead atoms. The number of benzene rings is 2. The molecule has 0 saturated heterocycles. The van der Waals surface area contributed by atoms with Crippen LogP contribution in [0, 0.1) is 10.8 Å². The molecule has 2 aromatic carbocycles. The second kappa shape index (κ2) is 10.1. The highest BCUT2D eigenvalue weighted by atomic mass is 32.2. The number of methoxy groups -OCH3 is 1. The van der Waals surface area contributed by atoms with Crippen LogP contribution in [0.2, 0.25) is 0 Å². The van der Waals surface area contributed by atoms with Gasteiger partial charge in [0.1, 0.15) is 12.4 Å². The zero-order valence-corrected chi connectivity index (χ0v) is 21.0. The summed E-state index contributed by atoms with van der Waals surface area (Å²) in [4.78, 5) is 11.8. The summed E-state index contributed by atoms with van der Waals surface area (Å²) in [6, 6.07) is 14.2. The van der Waals surface area contributed by atoms with E-state index >= 15 is 0 Å². The summed E-state index contributed by atoms with van der Waals surface area (Å²) in [7, 11) is 1.34. The predicted octanol–water partition coefficient (Wildman–Crippen LogP) is 6.58. The monoisotopic (exact) mass is 466 g/mol. The fraction of sp³-hybridized carbons (Fsp3) is 0.444. The molecule has 0 radical (unpaired) electrons. The Morgan fingerprint density at radius 2 is 1.70 bits per heavy atom. The Hall–Kier alpha value is -2.60. The molecule has 0 aliphatic heterocycles. The van der Waals surface area contributed by atoms with Gasteiger partial charge in [0.25, 0.3) is 0 Å². The van der Waals surface area contributed by atoms with Crippen molar-refractivity contribution in [3.8, 4) is 5.75 Å². The van der Waals surface area contributed by atoms with Crippen molar-refractivity contribution in [2.45, 2.75) is 70.3 Å². The van der Waals surface area contributed by atoms with Crippen LogP contribution in [0.15, 0.2) is 42.5 Å². The highest BCUT2D eigenvalue weighted by Gasteiger charge is 2.36. The Morgan fingerprint density at radius 1 is 1.06 bits per heavy atom. The maximum atomic E-state index is 11.8. The molecule has 33 heavy (non-hydrogen) atoms. The highest BCUT2D eigenvalue weighted by Crippen LogP contribution is 2.46. The molecule has 2 N–H and O–H groups in total. The minimum Gasteiger partial charge on any atom is -0.489 e. The molecule has 1 atom stereocenters. The standard InChI is InChI=1S/C27H34N2O3S/c1-26(2)12-13-27(3,4)23-14-18(6-11-22(23)26)16-32-20-9-7-19(8-10-20)21(15-24(30)31-5)25(29)33-17-28/h6-11,14,17,21,28-29H,12-13,15-16H2,1-5H3/t21-/m1/s1. The smallest absolute Gasteiger partial charge is 0.306 e. The first kappa shape index (κ1) is 25.0. The third kappa shape index (κ3) is 5.85. The Morgan fingerprint density at radius 3 is 2.30 bits per heavy atom. The van der Waals surface area contributed by atoms with Gasteiger partial charge in [-0.1, -0.05) is 69.8 Å². The lowest BCUT2D eigenvalue weighted by atomic mass is 9.63. The quantitative estimate of drug-likeness (QED) is 0.261. The van der Waals surface area contributed by atoms with Crippen LogP contribution in [-0.4, -0.2) is 23.7 Å². The van der Waals surface area contributed by atoms with Crippen LogP contribution >= 0.6 is 11.8 Å². The van der Waals surface area contributed by atoms with Crippen LogP contribution in [-0.2, 0) is 27.0 Å². The zero-order chi connectivity index (χ0) is 24.2. The fourth-order valence-corrected chi connectivity index (χ4v) is 4.96. The Balaban J connectivity index is 1.73. The first-order valence-corrected chi connectivity index (χ1v) is 12.1. The van der Waals surface area contributed by atoms with Crippen LogP contribution in [0.25, 0.3) is 0 Å². The van der Waals surface area contributed by atoms with Crippen molar-refractivity contribution in [2.24, 2.45) is 0 Å². The largest absolute Gasteiger partial charge is 0.489 e. The summed E-state index contributed by atoms with van der Waals surface area (Å²) in [5, 5.41) is 15.7. The first-order valence-electron chi connectivity index (χ1n) is 11.2. The van der Waals surface area contributed by atoms with Crippen molar-refractivity contribution in [1.29, 1.82) is 10.8 Å². The summed E-state index contributed by atoms with van der Waals surface area (Å²) in [5.74, 6) is -0.0855. The number of thioether (sulfide) groups is 1. The third-order valence-electron chi connectivity index (χ3n) is 6.71. The van der Waals surface area contributed by atoms with Crippen molar-refractivity contribution in [2.75, 3.05) is 7.11 Å². The minimum atomic E-state index is -0.440. The third-order valence-corrected chi connectivity index (χ3v) is 7.36. The molecule has 0 fully saturated rings. The number of ether oxygens (including phenoxy) is 2. The molecule has 5 nitrogen and oxygen atoms in total. The molecule has 0 heterocycles. The van der Waals surface area contributed by atoms with Gasteiger partial charge < -0.3 is 14.9 Å². The van der Waals surface area contributed by atoms with Gasteiger partial charge >= 0.3 is 5.97 Å². The van der Waals surface area contributed by atoms with E-state index in [1.54, 1.807) is 0 Å². The van der Waals surface area contributed by atoms with E-state index < -0.39 is 5.92 Å². The number of carbonyl (C=O) groups is 1. The number of carbonyl (C=O) groups excluding carboxylic acids is 1. The second-order valence-electron chi connectivity index (χ2n) is 9.94. The number of fused-ring (bicyclic) bond motifs is 1. The van der Waals surface area contributed by atoms with Crippen molar-refractivity contribution < 1.29 is 14.3 Å². The highest BCUT2D eigenvalue weighted by molar-refractivity contribution is 8.24. The summed E-state index contributed by atoms with van der Waals surface area (Å²) >= 11 is 0.995. The molecule has 0 amide bonds. The van der Waals surface area contributed by atoms with E-state index in [0.29, 0.717) is 6.61 Å².